The van der Waals surface area contributed by atoms with E-state index in [9.17, 15) is 24.5 Å². The Morgan fingerprint density at radius 3 is 2.34 bits per heavy atom. The number of nitrogens with one attached hydrogen (secondary N) is 2. The highest BCUT2D eigenvalue weighted by Crippen LogP contribution is 2.31. The first-order chi connectivity index (χ1) is 16.8. The lowest BCUT2D eigenvalue weighted by atomic mass is 9.91. The number of nitro groups is 1. The molecule has 0 radical (unpaired) electrons. The largest absolute Gasteiger partial charge is 0.347 e. The van der Waals surface area contributed by atoms with Gasteiger partial charge in [-0.1, -0.05) is 72.8 Å². The van der Waals surface area contributed by atoms with Crippen LogP contribution in [0.4, 0.5) is 10.5 Å². The Morgan fingerprint density at radius 1 is 1.03 bits per heavy atom. The molecule has 0 saturated carbocycles. The van der Waals surface area contributed by atoms with E-state index in [0.717, 1.165) is 16.0 Å². The summed E-state index contributed by atoms with van der Waals surface area (Å²) in [6.45, 7) is 0.986. The van der Waals surface area contributed by atoms with Crippen molar-refractivity contribution in [2.75, 3.05) is 6.54 Å². The zero-order chi connectivity index (χ0) is 25.0. The molecule has 178 valence electrons. The summed E-state index contributed by atoms with van der Waals surface area (Å²) in [6.07, 6.45) is 0.530. The Balaban J connectivity index is 1.51. The number of non-ortho nitro benzene ring substituents is 1. The molecule has 35 heavy (non-hydrogen) atoms. The molecule has 3 aromatic rings. The van der Waals surface area contributed by atoms with Gasteiger partial charge < -0.3 is 10.6 Å². The number of rotatable bonds is 8. The number of benzene rings is 3. The van der Waals surface area contributed by atoms with E-state index in [4.69, 9.17) is 0 Å². The maximum Gasteiger partial charge on any atom is 0.325 e. The van der Waals surface area contributed by atoms with Crippen LogP contribution in [0.15, 0.2) is 84.9 Å². The summed E-state index contributed by atoms with van der Waals surface area (Å²) in [7, 11) is 0. The predicted octanol–water partition coefficient (Wildman–Crippen LogP) is 3.46. The summed E-state index contributed by atoms with van der Waals surface area (Å²) in [5.74, 6) is -1.15. The molecule has 1 fully saturated rings. The minimum atomic E-state index is -1.52. The van der Waals surface area contributed by atoms with Crippen LogP contribution in [0.3, 0.4) is 0 Å². The molecule has 1 aliphatic rings. The van der Waals surface area contributed by atoms with Gasteiger partial charge in [-0.05, 0) is 30.0 Å². The number of amides is 4. The van der Waals surface area contributed by atoms with Crippen LogP contribution in [0.2, 0.25) is 0 Å². The highest BCUT2D eigenvalue weighted by molar-refractivity contribution is 6.09. The van der Waals surface area contributed by atoms with Gasteiger partial charge in [-0.2, -0.15) is 0 Å². The molecule has 0 aliphatic carbocycles. The van der Waals surface area contributed by atoms with E-state index in [2.05, 4.69) is 10.6 Å². The number of hydrogen-bond donors (Lipinski definition) is 2. The van der Waals surface area contributed by atoms with Crippen LogP contribution in [0.5, 0.6) is 0 Å². The van der Waals surface area contributed by atoms with Crippen molar-refractivity contribution in [1.82, 2.24) is 15.5 Å². The number of urea groups is 1. The second kappa shape index (κ2) is 9.76. The molecule has 3 aromatic carbocycles. The quantitative estimate of drug-likeness (QED) is 0.295. The van der Waals surface area contributed by atoms with E-state index in [1.165, 1.54) is 31.2 Å². The minimum Gasteiger partial charge on any atom is -0.347 e. The van der Waals surface area contributed by atoms with Gasteiger partial charge in [-0.25, -0.2) is 4.79 Å². The molecular formula is C26H24N4O5. The Bertz CT molecular complexity index is 1270. The lowest BCUT2D eigenvalue weighted by Crippen LogP contribution is -2.44. The molecule has 1 saturated heterocycles. The second-order valence-corrected chi connectivity index (χ2v) is 8.47. The van der Waals surface area contributed by atoms with E-state index in [1.54, 1.807) is 0 Å². The first kappa shape index (κ1) is 23.6. The third-order valence-corrected chi connectivity index (χ3v) is 6.03. The van der Waals surface area contributed by atoms with Gasteiger partial charge in [0.25, 0.3) is 11.6 Å². The molecule has 2 N–H and O–H groups in total. The Hall–Kier alpha value is -4.53. The second-order valence-electron chi connectivity index (χ2n) is 8.47. The van der Waals surface area contributed by atoms with Crippen molar-refractivity contribution in [2.45, 2.75) is 24.9 Å². The fraction of sp³-hybridized carbons (Fsp3) is 0.192. The Labute approximate surface area is 201 Å². The van der Waals surface area contributed by atoms with Crippen LogP contribution in [0.25, 0.3) is 0 Å². The molecule has 4 amide bonds. The maximum atomic E-state index is 13.2. The highest BCUT2D eigenvalue weighted by Gasteiger charge is 2.50. The van der Waals surface area contributed by atoms with Gasteiger partial charge in [0, 0.05) is 12.1 Å². The van der Waals surface area contributed by atoms with E-state index in [1.807, 2.05) is 60.7 Å². The molecule has 1 heterocycles. The molecule has 0 aromatic heterocycles. The smallest absolute Gasteiger partial charge is 0.325 e. The number of carbonyl (C=O) groups excluding carboxylic acids is 3. The summed E-state index contributed by atoms with van der Waals surface area (Å²) >= 11 is 0. The van der Waals surface area contributed by atoms with E-state index < -0.39 is 34.9 Å². The lowest BCUT2D eigenvalue weighted by Gasteiger charge is -2.23. The van der Waals surface area contributed by atoms with Gasteiger partial charge in [0.2, 0.25) is 5.91 Å². The third-order valence-electron chi connectivity index (χ3n) is 6.03. The van der Waals surface area contributed by atoms with Gasteiger partial charge in [0.15, 0.2) is 0 Å². The van der Waals surface area contributed by atoms with Crippen molar-refractivity contribution in [3.8, 4) is 0 Å². The first-order valence-electron chi connectivity index (χ1n) is 11.1. The minimum absolute atomic E-state index is 0.200. The average molecular weight is 473 g/mol. The number of carbonyl (C=O) groups is 3. The third kappa shape index (κ3) is 5.03. The maximum absolute atomic E-state index is 13.2. The van der Waals surface area contributed by atoms with Crippen LogP contribution < -0.4 is 10.6 Å². The van der Waals surface area contributed by atoms with E-state index in [-0.39, 0.29) is 17.3 Å². The lowest BCUT2D eigenvalue weighted by molar-refractivity contribution is -0.385. The van der Waals surface area contributed by atoms with Gasteiger partial charge in [-0.15, -0.1) is 0 Å². The summed E-state index contributed by atoms with van der Waals surface area (Å²) < 4.78 is 0. The highest BCUT2D eigenvalue weighted by atomic mass is 16.6. The van der Waals surface area contributed by atoms with Gasteiger partial charge in [0.05, 0.1) is 11.0 Å². The zero-order valence-electron chi connectivity index (χ0n) is 19.0. The van der Waals surface area contributed by atoms with E-state index in [0.29, 0.717) is 6.42 Å². The fourth-order valence-corrected chi connectivity index (χ4v) is 4.14. The Kier molecular flexibility index (Phi) is 6.59. The van der Waals surface area contributed by atoms with Crippen LogP contribution in [0, 0.1) is 10.1 Å². The normalized spacial score (nSPS) is 18.1. The van der Waals surface area contributed by atoms with Crippen LogP contribution in [-0.4, -0.2) is 34.2 Å². The summed E-state index contributed by atoms with van der Waals surface area (Å²) in [5.41, 5.74) is 0.456. The monoisotopic (exact) mass is 472 g/mol. The molecule has 2 atom stereocenters. The molecule has 1 aliphatic heterocycles. The fourth-order valence-electron chi connectivity index (χ4n) is 4.14. The topological polar surface area (TPSA) is 122 Å². The van der Waals surface area contributed by atoms with Crippen LogP contribution >= 0.6 is 0 Å². The summed E-state index contributed by atoms with van der Waals surface area (Å²) in [5, 5.41) is 16.7. The van der Waals surface area contributed by atoms with Gasteiger partial charge >= 0.3 is 6.03 Å². The van der Waals surface area contributed by atoms with Crippen molar-refractivity contribution >= 4 is 23.5 Å². The van der Waals surface area contributed by atoms with Crippen molar-refractivity contribution in [3.05, 3.63) is 112 Å². The number of hydrogen-bond acceptors (Lipinski definition) is 5. The molecule has 0 bridgehead atoms. The number of imide groups is 1. The average Bonchev–Trinajstić information content (AvgIpc) is 3.08. The molecule has 4 rings (SSSR count). The summed E-state index contributed by atoms with van der Waals surface area (Å²) in [4.78, 5) is 50.2. The van der Waals surface area contributed by atoms with Crippen LogP contribution in [0.1, 0.15) is 29.7 Å². The van der Waals surface area contributed by atoms with Crippen molar-refractivity contribution in [3.63, 3.8) is 0 Å². The molecule has 9 nitrogen and oxygen atoms in total. The first-order valence-corrected chi connectivity index (χ1v) is 11.1. The van der Waals surface area contributed by atoms with Crippen LogP contribution in [-0.2, 0) is 21.5 Å². The number of nitro benzene ring substituents is 1. The SMILES string of the molecule is CC1(c2cccc([N+](=O)[O-])c2)NC(=O)N(CC(=O)NC(Cc2ccccc2)c2ccccc2)C1=O. The van der Waals surface area contributed by atoms with Crippen molar-refractivity contribution in [1.29, 1.82) is 0 Å². The van der Waals surface area contributed by atoms with Gasteiger partial charge in [0.1, 0.15) is 12.1 Å². The summed E-state index contributed by atoms with van der Waals surface area (Å²) in [6, 6.07) is 23.5. The van der Waals surface area contributed by atoms with Gasteiger partial charge in [-0.3, -0.25) is 24.6 Å². The predicted molar refractivity (Wildman–Crippen MR) is 128 cm³/mol. The zero-order valence-corrected chi connectivity index (χ0v) is 19.0. The number of nitrogens with zero attached hydrogens (tertiary/aromatic N) is 2. The van der Waals surface area contributed by atoms with E-state index >= 15 is 0 Å². The Morgan fingerprint density at radius 2 is 1.69 bits per heavy atom. The van der Waals surface area contributed by atoms with Crippen molar-refractivity contribution < 1.29 is 19.3 Å². The molecule has 2 unspecified atom stereocenters. The molecular weight excluding hydrogens is 448 g/mol. The molecule has 0 spiro atoms. The molecule has 9 heteroatoms. The van der Waals surface area contributed by atoms with Crippen molar-refractivity contribution in [2.24, 2.45) is 0 Å². The standard InChI is InChI=1S/C26H24N4O5/c1-26(20-13-8-14-21(16-20)30(34)35)24(32)29(25(33)28-26)17-23(31)27-22(19-11-6-3-7-12-19)15-18-9-4-2-5-10-18/h2-14,16,22H,15,17H2,1H3,(H,27,31)(H,28,33).